The molecule has 0 aliphatic heterocycles. The first-order chi connectivity index (χ1) is 9.73. The minimum atomic E-state index is -0.166. The summed E-state index contributed by atoms with van der Waals surface area (Å²) in [5.41, 5.74) is 1.82. The maximum atomic E-state index is 12.2. The summed E-state index contributed by atoms with van der Waals surface area (Å²) in [4.78, 5) is 12.2. The van der Waals surface area contributed by atoms with Crippen molar-refractivity contribution in [2.75, 3.05) is 13.2 Å². The van der Waals surface area contributed by atoms with Gasteiger partial charge in [-0.1, -0.05) is 17.9 Å². The maximum Gasteiger partial charge on any atom is 0.251 e. The third kappa shape index (κ3) is 2.86. The van der Waals surface area contributed by atoms with E-state index in [4.69, 9.17) is 5.11 Å². The molecule has 0 heterocycles. The molecule has 104 valence electrons. The van der Waals surface area contributed by atoms with Crippen LogP contribution in [0.3, 0.4) is 0 Å². The number of hydrogen-bond donors (Lipinski definition) is 2. The van der Waals surface area contributed by atoms with E-state index in [0.717, 1.165) is 18.0 Å². The number of hydrogen-bond acceptors (Lipinski definition) is 2. The van der Waals surface area contributed by atoms with Crippen molar-refractivity contribution in [1.82, 2.24) is 5.32 Å². The van der Waals surface area contributed by atoms with Gasteiger partial charge in [0.25, 0.3) is 5.91 Å². The van der Waals surface area contributed by atoms with Crippen LogP contribution in [0, 0.1) is 23.2 Å². The Morgan fingerprint density at radius 3 is 2.85 bits per heavy atom. The normalized spacial score (nSPS) is 18.9. The fourth-order valence-corrected chi connectivity index (χ4v) is 2.82. The molecule has 0 radical (unpaired) electrons. The van der Waals surface area contributed by atoms with Crippen molar-refractivity contribution in [3.63, 3.8) is 0 Å². The van der Waals surface area contributed by atoms with Crippen LogP contribution in [-0.4, -0.2) is 24.2 Å². The van der Waals surface area contributed by atoms with E-state index in [9.17, 15) is 4.79 Å². The molecule has 3 rings (SSSR count). The smallest absolute Gasteiger partial charge is 0.251 e. The molecule has 0 atom stereocenters. The number of aliphatic hydroxyl groups excluding tert-OH is 1. The average molecular weight is 269 g/mol. The maximum absolute atomic E-state index is 12.2. The Kier molecular flexibility index (Phi) is 3.50. The monoisotopic (exact) mass is 269 g/mol. The van der Waals surface area contributed by atoms with Gasteiger partial charge in [-0.15, -0.1) is 0 Å². The van der Waals surface area contributed by atoms with Gasteiger partial charge in [-0.2, -0.15) is 0 Å². The first kappa shape index (κ1) is 13.2. The van der Waals surface area contributed by atoms with E-state index in [2.05, 4.69) is 17.2 Å². The molecule has 3 nitrogen and oxygen atoms in total. The fraction of sp³-hybridized carbons (Fsp3) is 0.471. The first-order valence-electron chi connectivity index (χ1n) is 7.21. The van der Waals surface area contributed by atoms with Crippen molar-refractivity contribution in [1.29, 1.82) is 0 Å². The predicted octanol–water partition coefficient (Wildman–Crippen LogP) is 1.95. The van der Waals surface area contributed by atoms with Crippen LogP contribution in [0.1, 0.15) is 41.6 Å². The highest BCUT2D eigenvalue weighted by Crippen LogP contribution is 2.60. The molecule has 0 spiro atoms. The Morgan fingerprint density at radius 1 is 1.40 bits per heavy atom. The lowest BCUT2D eigenvalue weighted by Gasteiger charge is -2.15. The molecule has 2 N–H and O–H groups in total. The topological polar surface area (TPSA) is 49.3 Å². The summed E-state index contributed by atoms with van der Waals surface area (Å²) in [6, 6.07) is 7.24. The number of amides is 1. The molecule has 0 saturated heterocycles. The van der Waals surface area contributed by atoms with E-state index >= 15 is 0 Å². The molecule has 2 aliphatic rings. The number of carbonyl (C=O) groups is 1. The zero-order valence-corrected chi connectivity index (χ0v) is 11.5. The molecule has 20 heavy (non-hydrogen) atoms. The third-order valence-electron chi connectivity index (χ3n) is 4.37. The van der Waals surface area contributed by atoms with Crippen LogP contribution in [0.2, 0.25) is 0 Å². The second-order valence-corrected chi connectivity index (χ2v) is 5.86. The molecule has 3 heteroatoms. The standard InChI is InChI=1S/C17H19NO2/c19-10-2-4-13-3-1-5-14(11-13)16(20)18-12-17(8-9-17)15-6-7-15/h1,3,5,11,15,19H,6-10,12H2,(H,18,20). The molecule has 0 unspecified atom stereocenters. The van der Waals surface area contributed by atoms with Crippen LogP contribution >= 0.6 is 0 Å². The summed E-state index contributed by atoms with van der Waals surface area (Å²) < 4.78 is 0. The minimum Gasteiger partial charge on any atom is -0.384 e. The molecular weight excluding hydrogens is 250 g/mol. The van der Waals surface area contributed by atoms with Gasteiger partial charge in [0.2, 0.25) is 0 Å². The Balaban J connectivity index is 1.62. The van der Waals surface area contributed by atoms with E-state index in [1.54, 1.807) is 12.1 Å². The summed E-state index contributed by atoms with van der Waals surface area (Å²) in [5, 5.41) is 11.8. The van der Waals surface area contributed by atoms with Crippen LogP contribution < -0.4 is 5.32 Å². The summed E-state index contributed by atoms with van der Waals surface area (Å²) in [6.45, 7) is 0.642. The summed E-state index contributed by atoms with van der Waals surface area (Å²) in [5.74, 6) is 6.24. The molecule has 0 bridgehead atoms. The molecule has 2 aliphatic carbocycles. The van der Waals surface area contributed by atoms with Gasteiger partial charge in [0, 0.05) is 17.7 Å². The van der Waals surface area contributed by atoms with Crippen molar-refractivity contribution >= 4 is 5.91 Å². The van der Waals surface area contributed by atoms with E-state index in [1.807, 2.05) is 12.1 Å². The van der Waals surface area contributed by atoms with Crippen LogP contribution in [-0.2, 0) is 0 Å². The quantitative estimate of drug-likeness (QED) is 0.821. The Hall–Kier alpha value is -1.79. The summed E-state index contributed by atoms with van der Waals surface area (Å²) in [7, 11) is 0. The molecule has 2 saturated carbocycles. The number of aliphatic hydroxyl groups is 1. The van der Waals surface area contributed by atoms with Gasteiger partial charge >= 0.3 is 0 Å². The molecule has 0 aromatic heterocycles. The van der Waals surface area contributed by atoms with E-state index in [1.165, 1.54) is 25.7 Å². The predicted molar refractivity (Wildman–Crippen MR) is 77.1 cm³/mol. The molecular formula is C17H19NO2. The molecule has 2 fully saturated rings. The highest BCUT2D eigenvalue weighted by Gasteiger charge is 2.53. The molecule has 1 amide bonds. The van der Waals surface area contributed by atoms with Crippen LogP contribution in [0.15, 0.2) is 24.3 Å². The Labute approximate surface area is 119 Å². The van der Waals surface area contributed by atoms with Gasteiger partial charge in [-0.05, 0) is 55.2 Å². The fourth-order valence-electron chi connectivity index (χ4n) is 2.82. The SMILES string of the molecule is O=C(NCC1(C2CC2)CC1)c1cccc(C#CCO)c1. The number of carbonyl (C=O) groups excluding carboxylic acids is 1. The van der Waals surface area contributed by atoms with Crippen LogP contribution in [0.4, 0.5) is 0 Å². The number of nitrogens with one attached hydrogen (secondary N) is 1. The van der Waals surface area contributed by atoms with Gasteiger partial charge in [-0.25, -0.2) is 0 Å². The van der Waals surface area contributed by atoms with Gasteiger partial charge in [0.1, 0.15) is 6.61 Å². The van der Waals surface area contributed by atoms with Crippen LogP contribution in [0.25, 0.3) is 0 Å². The van der Waals surface area contributed by atoms with Gasteiger partial charge in [0.05, 0.1) is 0 Å². The van der Waals surface area contributed by atoms with Crippen LogP contribution in [0.5, 0.6) is 0 Å². The number of benzene rings is 1. The van der Waals surface area contributed by atoms with Crippen molar-refractivity contribution < 1.29 is 9.90 Å². The Bertz CT molecular complexity index is 574. The van der Waals surface area contributed by atoms with E-state index in [-0.39, 0.29) is 12.5 Å². The van der Waals surface area contributed by atoms with Crippen molar-refractivity contribution in [3.05, 3.63) is 35.4 Å². The lowest BCUT2D eigenvalue weighted by atomic mass is 10.0. The molecule has 1 aromatic rings. The van der Waals surface area contributed by atoms with Gasteiger partial charge in [0.15, 0.2) is 0 Å². The highest BCUT2D eigenvalue weighted by molar-refractivity contribution is 5.94. The first-order valence-corrected chi connectivity index (χ1v) is 7.21. The van der Waals surface area contributed by atoms with E-state index < -0.39 is 0 Å². The lowest BCUT2D eigenvalue weighted by Crippen LogP contribution is -2.31. The van der Waals surface area contributed by atoms with Gasteiger partial charge in [-0.3, -0.25) is 4.79 Å². The zero-order valence-electron chi connectivity index (χ0n) is 11.5. The average Bonchev–Trinajstić information content (AvgIpc) is 3.35. The minimum absolute atomic E-state index is 0.0235. The van der Waals surface area contributed by atoms with E-state index in [0.29, 0.717) is 11.0 Å². The third-order valence-corrected chi connectivity index (χ3v) is 4.37. The lowest BCUT2D eigenvalue weighted by molar-refractivity contribution is 0.0942. The zero-order chi connectivity index (χ0) is 14.0. The van der Waals surface area contributed by atoms with Crippen molar-refractivity contribution in [2.45, 2.75) is 25.7 Å². The summed E-state index contributed by atoms with van der Waals surface area (Å²) >= 11 is 0. The number of rotatable bonds is 4. The largest absolute Gasteiger partial charge is 0.384 e. The summed E-state index contributed by atoms with van der Waals surface area (Å²) in [6.07, 6.45) is 5.20. The molecule has 1 aromatic carbocycles. The highest BCUT2D eigenvalue weighted by atomic mass is 16.2. The van der Waals surface area contributed by atoms with Crippen molar-refractivity contribution in [3.8, 4) is 11.8 Å². The van der Waals surface area contributed by atoms with Crippen molar-refractivity contribution in [2.24, 2.45) is 11.3 Å². The second kappa shape index (κ2) is 5.30. The second-order valence-electron chi connectivity index (χ2n) is 5.86. The van der Waals surface area contributed by atoms with Gasteiger partial charge < -0.3 is 10.4 Å². The Morgan fingerprint density at radius 2 is 2.20 bits per heavy atom.